The van der Waals surface area contributed by atoms with Gasteiger partial charge in [0.2, 0.25) is 11.6 Å². The summed E-state index contributed by atoms with van der Waals surface area (Å²) in [5, 5.41) is 17.1. The zero-order valence-electron chi connectivity index (χ0n) is 20.0. The maximum absolute atomic E-state index is 13.5. The minimum Gasteiger partial charge on any atom is -0.474 e. The molecule has 0 radical (unpaired) electrons. The monoisotopic (exact) mass is 610 g/mol. The average Bonchev–Trinajstić information content (AvgIpc) is 3.34. The molecule has 0 saturated heterocycles. The van der Waals surface area contributed by atoms with E-state index >= 15 is 0 Å². The number of carbonyl (C=O) groups excluding carboxylic acids is 1. The molecule has 0 spiro atoms. The maximum Gasteiger partial charge on any atom is 0.343 e. The summed E-state index contributed by atoms with van der Waals surface area (Å²) >= 11 is 9.55. The Morgan fingerprint density at radius 3 is 2.79 bits per heavy atom. The van der Waals surface area contributed by atoms with Crippen LogP contribution in [0.4, 0.5) is 5.69 Å². The molecule has 3 aromatic carbocycles. The number of benzene rings is 3. The highest BCUT2D eigenvalue weighted by atomic mass is 79.9. The van der Waals surface area contributed by atoms with Crippen molar-refractivity contribution in [3.8, 4) is 17.3 Å². The molecule has 0 atom stereocenters. The molecule has 13 heteroatoms. The third kappa shape index (κ3) is 5.24. The number of aromatic nitrogens is 2. The van der Waals surface area contributed by atoms with E-state index in [1.807, 2.05) is 12.1 Å². The van der Waals surface area contributed by atoms with Crippen molar-refractivity contribution in [1.82, 2.24) is 9.66 Å². The molecule has 0 saturated carbocycles. The topological polar surface area (TPSA) is 139 Å². The Morgan fingerprint density at radius 1 is 1.23 bits per heavy atom. The average molecular weight is 612 g/mol. The molecule has 196 valence electrons. The highest BCUT2D eigenvalue weighted by Gasteiger charge is 2.22. The second-order valence-corrected chi connectivity index (χ2v) is 9.42. The third-order valence-electron chi connectivity index (χ3n) is 5.59. The molecule has 5 aromatic rings. The van der Waals surface area contributed by atoms with Crippen LogP contribution in [0, 0.1) is 10.1 Å². The van der Waals surface area contributed by atoms with Crippen molar-refractivity contribution < 1.29 is 23.6 Å². The number of hydrogen-bond donors (Lipinski definition) is 0. The first-order valence-corrected chi connectivity index (χ1v) is 12.4. The van der Waals surface area contributed by atoms with Gasteiger partial charge in [0.25, 0.3) is 5.56 Å². The van der Waals surface area contributed by atoms with Crippen LogP contribution in [0.15, 0.2) is 79.4 Å². The van der Waals surface area contributed by atoms with Crippen LogP contribution in [0.1, 0.15) is 5.56 Å². The molecular formula is C26H16BrClN4O7. The van der Waals surface area contributed by atoms with Gasteiger partial charge in [-0.1, -0.05) is 39.7 Å². The van der Waals surface area contributed by atoms with Crippen molar-refractivity contribution in [2.24, 2.45) is 5.10 Å². The van der Waals surface area contributed by atoms with Gasteiger partial charge >= 0.3 is 11.7 Å². The fraction of sp³-hybridized carbons (Fsp3) is 0.0769. The van der Waals surface area contributed by atoms with Crippen molar-refractivity contribution in [1.29, 1.82) is 0 Å². The standard InChI is InChI=1S/C26H16BrClN4O7/c1-37-23(33)13-38-24-15(9-17(28)11-20(24)32(35)36)12-29-31-25(30-19-5-3-2-4-18(19)26(31)34)22-10-14-8-16(27)6-7-21(14)39-22/h2-12H,13H2,1H3. The van der Waals surface area contributed by atoms with E-state index in [1.165, 1.54) is 6.07 Å². The molecule has 39 heavy (non-hydrogen) atoms. The summed E-state index contributed by atoms with van der Waals surface area (Å²) < 4.78 is 17.8. The highest BCUT2D eigenvalue weighted by Crippen LogP contribution is 2.34. The Morgan fingerprint density at radius 2 is 2.03 bits per heavy atom. The molecule has 0 bridgehead atoms. The number of nitrogens with zero attached hydrogens (tertiary/aromatic N) is 4. The van der Waals surface area contributed by atoms with E-state index in [0.29, 0.717) is 11.1 Å². The number of furan rings is 1. The molecule has 11 nitrogen and oxygen atoms in total. The van der Waals surface area contributed by atoms with E-state index in [4.69, 9.17) is 20.8 Å². The van der Waals surface area contributed by atoms with Crippen LogP contribution < -0.4 is 10.3 Å². The molecule has 2 heterocycles. The van der Waals surface area contributed by atoms with Gasteiger partial charge in [0.1, 0.15) is 5.58 Å². The van der Waals surface area contributed by atoms with Gasteiger partial charge in [-0.15, -0.1) is 0 Å². The second kappa shape index (κ2) is 10.7. The van der Waals surface area contributed by atoms with Crippen molar-refractivity contribution in [2.45, 2.75) is 0 Å². The lowest BCUT2D eigenvalue weighted by Crippen LogP contribution is -2.20. The molecule has 0 N–H and O–H groups in total. The summed E-state index contributed by atoms with van der Waals surface area (Å²) in [4.78, 5) is 40.8. The minimum absolute atomic E-state index is 0.0145. The van der Waals surface area contributed by atoms with Gasteiger partial charge in [-0.25, -0.2) is 9.78 Å². The molecule has 2 aromatic heterocycles. The van der Waals surface area contributed by atoms with E-state index in [9.17, 15) is 19.7 Å². The number of methoxy groups -OCH3 is 1. The molecule has 0 aliphatic heterocycles. The first-order chi connectivity index (χ1) is 18.7. The van der Waals surface area contributed by atoms with E-state index in [0.717, 1.165) is 33.9 Å². The van der Waals surface area contributed by atoms with E-state index in [2.05, 4.69) is 30.8 Å². The zero-order chi connectivity index (χ0) is 27.7. The van der Waals surface area contributed by atoms with Gasteiger partial charge in [0.05, 0.1) is 29.2 Å². The van der Waals surface area contributed by atoms with Gasteiger partial charge < -0.3 is 13.9 Å². The normalized spacial score (nSPS) is 11.4. The van der Waals surface area contributed by atoms with Crippen molar-refractivity contribution in [3.63, 3.8) is 0 Å². The van der Waals surface area contributed by atoms with Gasteiger partial charge in [0.15, 0.2) is 12.4 Å². The van der Waals surface area contributed by atoms with Crippen LogP contribution in [-0.2, 0) is 9.53 Å². The fourth-order valence-corrected chi connectivity index (χ4v) is 4.41. The van der Waals surface area contributed by atoms with Crippen LogP contribution in [-0.4, -0.2) is 40.5 Å². The Kier molecular flexibility index (Phi) is 7.13. The van der Waals surface area contributed by atoms with E-state index in [-0.39, 0.29) is 33.3 Å². The fourth-order valence-electron chi connectivity index (χ4n) is 3.81. The van der Waals surface area contributed by atoms with Crippen LogP contribution in [0.25, 0.3) is 33.5 Å². The summed E-state index contributed by atoms with van der Waals surface area (Å²) in [6.07, 6.45) is 1.16. The van der Waals surface area contributed by atoms with Crippen LogP contribution in [0.2, 0.25) is 5.02 Å². The summed E-state index contributed by atoms with van der Waals surface area (Å²) in [6.45, 7) is -0.600. The molecule has 0 aliphatic rings. The molecule has 0 fully saturated rings. The van der Waals surface area contributed by atoms with Crippen LogP contribution in [0.3, 0.4) is 0 Å². The Labute approximate surface area is 232 Å². The SMILES string of the molecule is COC(=O)COc1c(C=Nn2c(-c3cc4cc(Br)ccc4o3)nc3ccccc3c2=O)cc(Cl)cc1[N+](=O)[O-]. The Bertz CT molecular complexity index is 1870. The number of fused-ring (bicyclic) bond motifs is 2. The van der Waals surface area contributed by atoms with Crippen molar-refractivity contribution in [2.75, 3.05) is 13.7 Å². The van der Waals surface area contributed by atoms with Gasteiger partial charge in [0, 0.05) is 26.5 Å². The summed E-state index contributed by atoms with van der Waals surface area (Å²) in [5.74, 6) is -0.676. The third-order valence-corrected chi connectivity index (χ3v) is 6.30. The number of esters is 1. The predicted octanol–water partition coefficient (Wildman–Crippen LogP) is 5.57. The maximum atomic E-state index is 13.5. The smallest absolute Gasteiger partial charge is 0.343 e. The van der Waals surface area contributed by atoms with Crippen LogP contribution in [0.5, 0.6) is 5.75 Å². The van der Waals surface area contributed by atoms with Crippen molar-refractivity contribution in [3.05, 3.63) is 96.2 Å². The molecule has 0 amide bonds. The molecule has 5 rings (SSSR count). The van der Waals surface area contributed by atoms with E-state index < -0.39 is 28.7 Å². The zero-order valence-corrected chi connectivity index (χ0v) is 22.3. The first-order valence-electron chi connectivity index (χ1n) is 11.2. The lowest BCUT2D eigenvalue weighted by Gasteiger charge is -2.10. The number of halogens is 2. The van der Waals surface area contributed by atoms with Gasteiger partial charge in [-0.3, -0.25) is 14.9 Å². The minimum atomic E-state index is -0.754. The molecular weight excluding hydrogens is 596 g/mol. The second-order valence-electron chi connectivity index (χ2n) is 8.07. The number of nitro benzene ring substituents is 1. The van der Waals surface area contributed by atoms with Crippen LogP contribution >= 0.6 is 27.5 Å². The quantitative estimate of drug-likeness (QED) is 0.101. The molecule has 0 aliphatic carbocycles. The number of nitro groups is 1. The van der Waals surface area contributed by atoms with E-state index in [1.54, 1.807) is 36.4 Å². The summed E-state index contributed by atoms with van der Waals surface area (Å²) in [6, 6.07) is 16.3. The predicted molar refractivity (Wildman–Crippen MR) is 148 cm³/mol. The largest absolute Gasteiger partial charge is 0.474 e. The van der Waals surface area contributed by atoms with Crippen molar-refractivity contribution >= 4 is 67.3 Å². The Balaban J connectivity index is 1.70. The number of rotatable bonds is 7. The number of carbonyl (C=O) groups is 1. The van der Waals surface area contributed by atoms with Gasteiger partial charge in [-0.2, -0.15) is 9.78 Å². The lowest BCUT2D eigenvalue weighted by atomic mass is 10.2. The van der Waals surface area contributed by atoms with Gasteiger partial charge in [-0.05, 0) is 42.5 Å². The Hall–Kier alpha value is -4.55. The lowest BCUT2D eigenvalue weighted by molar-refractivity contribution is -0.385. The summed E-state index contributed by atoms with van der Waals surface area (Å²) in [7, 11) is 1.15. The molecule has 0 unspecified atom stereocenters. The number of hydrogen-bond acceptors (Lipinski definition) is 9. The highest BCUT2D eigenvalue weighted by molar-refractivity contribution is 9.10. The number of para-hydroxylation sites is 1. The first kappa shape index (κ1) is 26.1. The number of ether oxygens (including phenoxy) is 2. The summed E-state index contributed by atoms with van der Waals surface area (Å²) in [5.41, 5.74) is 0.0146.